The molecule has 1 heterocycles. The average molecular weight is 355 g/mol. The number of fused-ring (bicyclic) bond motifs is 1. The van der Waals surface area contributed by atoms with Crippen molar-refractivity contribution < 1.29 is 9.59 Å². The summed E-state index contributed by atoms with van der Waals surface area (Å²) in [6.07, 6.45) is 2.49. The molecule has 2 aromatic rings. The van der Waals surface area contributed by atoms with Crippen LogP contribution in [0.5, 0.6) is 0 Å². The van der Waals surface area contributed by atoms with Gasteiger partial charge in [-0.15, -0.1) is 0 Å². The number of amides is 2. The molecule has 1 aliphatic heterocycles. The minimum Gasteiger partial charge on any atom is -0.325 e. The summed E-state index contributed by atoms with van der Waals surface area (Å²) in [5.41, 5.74) is 3.33. The fourth-order valence-electron chi connectivity index (χ4n) is 3.62. The first-order valence-electron chi connectivity index (χ1n) is 8.48. The molecule has 1 saturated carbocycles. The van der Waals surface area contributed by atoms with Crippen molar-refractivity contribution in [3.05, 3.63) is 58.6 Å². The summed E-state index contributed by atoms with van der Waals surface area (Å²) in [4.78, 5) is 26.3. The predicted molar refractivity (Wildman–Crippen MR) is 99.2 cm³/mol. The molecule has 0 aromatic heterocycles. The normalized spacial score (nSPS) is 17.1. The van der Waals surface area contributed by atoms with Gasteiger partial charge in [0, 0.05) is 29.9 Å². The van der Waals surface area contributed by atoms with Crippen LogP contribution in [0.2, 0.25) is 5.02 Å². The maximum Gasteiger partial charge on any atom is 0.235 e. The lowest BCUT2D eigenvalue weighted by molar-refractivity contribution is -0.118. The van der Waals surface area contributed by atoms with Crippen molar-refractivity contribution >= 4 is 34.8 Å². The van der Waals surface area contributed by atoms with Crippen molar-refractivity contribution in [3.8, 4) is 0 Å². The predicted octanol–water partition coefficient (Wildman–Crippen LogP) is 3.92. The van der Waals surface area contributed by atoms with Gasteiger partial charge >= 0.3 is 0 Å². The van der Waals surface area contributed by atoms with E-state index in [0.29, 0.717) is 11.6 Å². The van der Waals surface area contributed by atoms with Gasteiger partial charge in [0.15, 0.2) is 0 Å². The zero-order chi connectivity index (χ0) is 17.6. The van der Waals surface area contributed by atoms with Gasteiger partial charge in [-0.05, 0) is 60.7 Å². The SMILES string of the molecule is CC(=O)N1CCc2cc(NC(=O)C3(c4cccc(Cl)c4)CC3)ccc21. The summed E-state index contributed by atoms with van der Waals surface area (Å²) in [5, 5.41) is 3.70. The Kier molecular flexibility index (Phi) is 3.80. The first-order chi connectivity index (χ1) is 12.0. The van der Waals surface area contributed by atoms with Crippen molar-refractivity contribution in [1.29, 1.82) is 0 Å². The number of nitrogens with zero attached hydrogens (tertiary/aromatic N) is 1. The average Bonchev–Trinajstić information content (AvgIpc) is 3.29. The Morgan fingerprint density at radius 2 is 1.96 bits per heavy atom. The van der Waals surface area contributed by atoms with E-state index in [1.807, 2.05) is 42.5 Å². The Bertz CT molecular complexity index is 874. The monoisotopic (exact) mass is 354 g/mol. The number of carbonyl (C=O) groups is 2. The van der Waals surface area contributed by atoms with E-state index in [2.05, 4.69) is 5.32 Å². The molecule has 0 saturated heterocycles. The van der Waals surface area contributed by atoms with Gasteiger partial charge in [0.2, 0.25) is 11.8 Å². The number of anilines is 2. The molecule has 2 aliphatic rings. The third-order valence-corrected chi connectivity index (χ3v) is 5.41. The molecule has 1 fully saturated rings. The van der Waals surface area contributed by atoms with Crippen LogP contribution in [-0.2, 0) is 21.4 Å². The first kappa shape index (κ1) is 16.2. The number of hydrogen-bond donors (Lipinski definition) is 1. The lowest BCUT2D eigenvalue weighted by atomic mass is 9.95. The topological polar surface area (TPSA) is 49.4 Å². The van der Waals surface area contributed by atoms with Crippen molar-refractivity contribution in [2.24, 2.45) is 0 Å². The lowest BCUT2D eigenvalue weighted by Crippen LogP contribution is -2.28. The molecule has 1 aliphatic carbocycles. The highest BCUT2D eigenvalue weighted by Gasteiger charge is 2.51. The summed E-state index contributed by atoms with van der Waals surface area (Å²) in [6, 6.07) is 13.3. The van der Waals surface area contributed by atoms with E-state index >= 15 is 0 Å². The van der Waals surface area contributed by atoms with Crippen LogP contribution in [-0.4, -0.2) is 18.4 Å². The quantitative estimate of drug-likeness (QED) is 0.908. The smallest absolute Gasteiger partial charge is 0.235 e. The van der Waals surface area contributed by atoms with E-state index < -0.39 is 5.41 Å². The number of benzene rings is 2. The van der Waals surface area contributed by atoms with E-state index in [4.69, 9.17) is 11.6 Å². The molecule has 0 radical (unpaired) electrons. The van der Waals surface area contributed by atoms with E-state index in [9.17, 15) is 9.59 Å². The molecule has 0 unspecified atom stereocenters. The largest absolute Gasteiger partial charge is 0.325 e. The molecular weight excluding hydrogens is 336 g/mol. The first-order valence-corrected chi connectivity index (χ1v) is 8.86. The Morgan fingerprint density at radius 1 is 1.16 bits per heavy atom. The van der Waals surface area contributed by atoms with Crippen molar-refractivity contribution in [2.45, 2.75) is 31.6 Å². The number of halogens is 1. The Morgan fingerprint density at radius 3 is 2.64 bits per heavy atom. The highest BCUT2D eigenvalue weighted by Crippen LogP contribution is 2.49. The van der Waals surface area contributed by atoms with Gasteiger partial charge in [-0.2, -0.15) is 0 Å². The van der Waals surface area contributed by atoms with Crippen LogP contribution >= 0.6 is 11.6 Å². The second-order valence-electron chi connectivity index (χ2n) is 6.81. The zero-order valence-corrected chi connectivity index (χ0v) is 14.8. The minimum atomic E-state index is -0.463. The van der Waals surface area contributed by atoms with Gasteiger partial charge in [-0.1, -0.05) is 23.7 Å². The second kappa shape index (κ2) is 5.88. The Balaban J connectivity index is 1.55. The molecule has 0 atom stereocenters. The van der Waals surface area contributed by atoms with E-state index in [-0.39, 0.29) is 11.8 Å². The third kappa shape index (κ3) is 2.81. The molecule has 128 valence electrons. The fourth-order valence-corrected chi connectivity index (χ4v) is 3.81. The zero-order valence-electron chi connectivity index (χ0n) is 14.0. The number of rotatable bonds is 3. The van der Waals surface area contributed by atoms with Crippen LogP contribution < -0.4 is 10.2 Å². The molecule has 2 aromatic carbocycles. The summed E-state index contributed by atoms with van der Waals surface area (Å²) in [7, 11) is 0. The lowest BCUT2D eigenvalue weighted by Gasteiger charge is -2.18. The van der Waals surface area contributed by atoms with Crippen molar-refractivity contribution in [2.75, 3.05) is 16.8 Å². The molecule has 2 amide bonds. The van der Waals surface area contributed by atoms with Gasteiger partial charge in [-0.3, -0.25) is 9.59 Å². The van der Waals surface area contributed by atoms with Crippen LogP contribution in [0, 0.1) is 0 Å². The van der Waals surface area contributed by atoms with E-state index in [1.165, 1.54) is 0 Å². The minimum absolute atomic E-state index is 0.0103. The molecule has 0 spiro atoms. The Hall–Kier alpha value is -2.33. The second-order valence-corrected chi connectivity index (χ2v) is 7.25. The van der Waals surface area contributed by atoms with Crippen LogP contribution in [0.15, 0.2) is 42.5 Å². The van der Waals surface area contributed by atoms with Crippen LogP contribution in [0.3, 0.4) is 0 Å². The van der Waals surface area contributed by atoms with Crippen LogP contribution in [0.4, 0.5) is 11.4 Å². The van der Waals surface area contributed by atoms with Crippen LogP contribution in [0.1, 0.15) is 30.9 Å². The standard InChI is InChI=1S/C20H19ClN2O2/c1-13(24)23-10-7-14-11-17(5-6-18(14)23)22-19(25)20(8-9-20)15-3-2-4-16(21)12-15/h2-6,11-12H,7-10H2,1H3,(H,22,25). The summed E-state index contributed by atoms with van der Waals surface area (Å²) in [6.45, 7) is 2.28. The fraction of sp³-hybridized carbons (Fsp3) is 0.300. The summed E-state index contributed by atoms with van der Waals surface area (Å²) < 4.78 is 0. The van der Waals surface area contributed by atoms with E-state index in [1.54, 1.807) is 11.8 Å². The molecule has 1 N–H and O–H groups in total. The Labute approximate surface area is 151 Å². The van der Waals surface area contributed by atoms with Gasteiger partial charge in [0.25, 0.3) is 0 Å². The molecule has 25 heavy (non-hydrogen) atoms. The summed E-state index contributed by atoms with van der Waals surface area (Å²) >= 11 is 6.08. The van der Waals surface area contributed by atoms with Gasteiger partial charge in [0.05, 0.1) is 5.41 Å². The molecule has 4 rings (SSSR count). The maximum atomic E-state index is 12.9. The summed E-state index contributed by atoms with van der Waals surface area (Å²) in [5.74, 6) is 0.0598. The number of carbonyl (C=O) groups excluding carboxylic acids is 2. The van der Waals surface area contributed by atoms with Gasteiger partial charge in [-0.25, -0.2) is 0 Å². The molecule has 0 bridgehead atoms. The molecule has 4 nitrogen and oxygen atoms in total. The van der Waals surface area contributed by atoms with Crippen LogP contribution in [0.25, 0.3) is 0 Å². The number of hydrogen-bond acceptors (Lipinski definition) is 2. The highest BCUT2D eigenvalue weighted by molar-refractivity contribution is 6.30. The van der Waals surface area contributed by atoms with Gasteiger partial charge < -0.3 is 10.2 Å². The van der Waals surface area contributed by atoms with E-state index in [0.717, 1.165) is 41.8 Å². The maximum absolute atomic E-state index is 12.9. The van der Waals surface area contributed by atoms with Crippen molar-refractivity contribution in [1.82, 2.24) is 0 Å². The molecular formula is C20H19ClN2O2. The van der Waals surface area contributed by atoms with Crippen molar-refractivity contribution in [3.63, 3.8) is 0 Å². The molecule has 5 heteroatoms. The highest BCUT2D eigenvalue weighted by atomic mass is 35.5. The third-order valence-electron chi connectivity index (χ3n) is 5.17. The number of nitrogens with one attached hydrogen (secondary N) is 1. The van der Waals surface area contributed by atoms with Gasteiger partial charge in [0.1, 0.15) is 0 Å².